The Balaban J connectivity index is 1.71. The van der Waals surface area contributed by atoms with Crippen molar-refractivity contribution >= 4 is 17.3 Å². The number of hydrogen-bond acceptors (Lipinski definition) is 4. The summed E-state index contributed by atoms with van der Waals surface area (Å²) < 4.78 is 0. The Labute approximate surface area is 147 Å². The Bertz CT molecular complexity index is 665. The highest BCUT2D eigenvalue weighted by Gasteiger charge is 2.13. The highest BCUT2D eigenvalue weighted by Crippen LogP contribution is 2.22. The zero-order chi connectivity index (χ0) is 17.4. The number of nitro benzene ring substituents is 1. The van der Waals surface area contributed by atoms with Gasteiger partial charge in [0.1, 0.15) is 0 Å². The van der Waals surface area contributed by atoms with Crippen molar-refractivity contribution in [1.82, 2.24) is 10.2 Å². The summed E-state index contributed by atoms with van der Waals surface area (Å²) in [6, 6.07) is 15.1. The van der Waals surface area contributed by atoms with E-state index in [1.165, 1.54) is 11.6 Å². The van der Waals surface area contributed by atoms with E-state index in [0.29, 0.717) is 17.1 Å². The fourth-order valence-electron chi connectivity index (χ4n) is 2.53. The van der Waals surface area contributed by atoms with Crippen molar-refractivity contribution in [2.24, 2.45) is 0 Å². The van der Waals surface area contributed by atoms with Gasteiger partial charge in [-0.1, -0.05) is 41.9 Å². The lowest BCUT2D eigenvalue weighted by Crippen LogP contribution is -2.24. The Kier molecular flexibility index (Phi) is 7.18. The summed E-state index contributed by atoms with van der Waals surface area (Å²) in [4.78, 5) is 12.9. The molecule has 0 bridgehead atoms. The highest BCUT2D eigenvalue weighted by atomic mass is 35.5. The van der Waals surface area contributed by atoms with Crippen LogP contribution < -0.4 is 5.32 Å². The largest absolute Gasteiger partial charge is 0.312 e. The van der Waals surface area contributed by atoms with Gasteiger partial charge in [0.15, 0.2) is 0 Å². The van der Waals surface area contributed by atoms with Crippen LogP contribution in [0.3, 0.4) is 0 Å². The van der Waals surface area contributed by atoms with Gasteiger partial charge in [0, 0.05) is 29.7 Å². The van der Waals surface area contributed by atoms with Crippen LogP contribution in [0, 0.1) is 10.1 Å². The van der Waals surface area contributed by atoms with Gasteiger partial charge in [-0.15, -0.1) is 0 Å². The monoisotopic (exact) mass is 347 g/mol. The van der Waals surface area contributed by atoms with Crippen LogP contribution in [-0.2, 0) is 13.1 Å². The second-order valence-corrected chi connectivity index (χ2v) is 6.22. The molecule has 2 aromatic rings. The molecule has 24 heavy (non-hydrogen) atoms. The molecule has 0 heterocycles. The summed E-state index contributed by atoms with van der Waals surface area (Å²) in [5.74, 6) is 0. The summed E-state index contributed by atoms with van der Waals surface area (Å²) in [6.45, 7) is 3.16. The average molecular weight is 348 g/mol. The molecule has 2 aromatic carbocycles. The fourth-order valence-corrected chi connectivity index (χ4v) is 2.69. The summed E-state index contributed by atoms with van der Waals surface area (Å²) in [6.07, 6.45) is 0.977. The van der Waals surface area contributed by atoms with Crippen molar-refractivity contribution in [2.45, 2.75) is 19.5 Å². The number of nitro groups is 1. The minimum absolute atomic E-state index is 0.0659. The topological polar surface area (TPSA) is 58.4 Å². The van der Waals surface area contributed by atoms with Gasteiger partial charge in [0.05, 0.1) is 4.92 Å². The lowest BCUT2D eigenvalue weighted by Gasteiger charge is -2.16. The lowest BCUT2D eigenvalue weighted by atomic mass is 10.2. The molecule has 0 spiro atoms. The molecule has 0 fully saturated rings. The summed E-state index contributed by atoms with van der Waals surface area (Å²) >= 11 is 5.82. The molecule has 0 unspecified atom stereocenters. The SMILES string of the molecule is CN(CCCNCc1ccc(Cl)cc1[N+](=O)[O-])Cc1ccccc1. The summed E-state index contributed by atoms with van der Waals surface area (Å²) in [5, 5.41) is 14.7. The van der Waals surface area contributed by atoms with E-state index in [1.54, 1.807) is 12.1 Å². The maximum atomic E-state index is 11.0. The van der Waals surface area contributed by atoms with Gasteiger partial charge in [-0.2, -0.15) is 0 Å². The van der Waals surface area contributed by atoms with Crippen molar-refractivity contribution in [3.8, 4) is 0 Å². The molecule has 0 radical (unpaired) electrons. The Morgan fingerprint density at radius 1 is 1.21 bits per heavy atom. The van der Waals surface area contributed by atoms with Crippen molar-refractivity contribution in [2.75, 3.05) is 20.1 Å². The third kappa shape index (κ3) is 5.92. The number of nitrogens with zero attached hydrogens (tertiary/aromatic N) is 2. The summed E-state index contributed by atoms with van der Waals surface area (Å²) in [7, 11) is 2.09. The molecule has 0 saturated carbocycles. The van der Waals surface area contributed by atoms with E-state index < -0.39 is 4.92 Å². The first kappa shape index (κ1) is 18.4. The van der Waals surface area contributed by atoms with Gasteiger partial charge in [0.2, 0.25) is 0 Å². The third-order valence-electron chi connectivity index (χ3n) is 3.75. The smallest absolute Gasteiger partial charge is 0.275 e. The maximum Gasteiger partial charge on any atom is 0.275 e. The van der Waals surface area contributed by atoms with Crippen molar-refractivity contribution in [1.29, 1.82) is 0 Å². The molecule has 2 rings (SSSR count). The maximum absolute atomic E-state index is 11.0. The molecular formula is C18H22ClN3O2. The number of hydrogen-bond donors (Lipinski definition) is 1. The highest BCUT2D eigenvalue weighted by molar-refractivity contribution is 6.30. The van der Waals surface area contributed by atoms with Crippen LogP contribution in [0.5, 0.6) is 0 Å². The van der Waals surface area contributed by atoms with Crippen LogP contribution in [0.15, 0.2) is 48.5 Å². The minimum Gasteiger partial charge on any atom is -0.312 e. The molecule has 0 aliphatic rings. The van der Waals surface area contributed by atoms with E-state index in [0.717, 1.165) is 26.1 Å². The van der Waals surface area contributed by atoms with Crippen LogP contribution in [0.1, 0.15) is 17.5 Å². The van der Waals surface area contributed by atoms with Crippen molar-refractivity contribution < 1.29 is 4.92 Å². The minimum atomic E-state index is -0.392. The van der Waals surface area contributed by atoms with E-state index in [2.05, 4.69) is 29.4 Å². The van der Waals surface area contributed by atoms with Crippen LogP contribution >= 0.6 is 11.6 Å². The second kappa shape index (κ2) is 9.37. The van der Waals surface area contributed by atoms with Crippen LogP contribution in [0.4, 0.5) is 5.69 Å². The van der Waals surface area contributed by atoms with Gasteiger partial charge < -0.3 is 10.2 Å². The van der Waals surface area contributed by atoms with Crippen molar-refractivity contribution in [3.05, 3.63) is 74.8 Å². The second-order valence-electron chi connectivity index (χ2n) is 5.78. The molecule has 128 valence electrons. The predicted octanol–water partition coefficient (Wildman–Crippen LogP) is 3.86. The van der Waals surface area contributed by atoms with Gasteiger partial charge in [-0.3, -0.25) is 10.1 Å². The van der Waals surface area contributed by atoms with Gasteiger partial charge in [-0.25, -0.2) is 0 Å². The predicted molar refractivity (Wildman–Crippen MR) is 97.2 cm³/mol. The normalized spacial score (nSPS) is 11.0. The molecule has 0 aliphatic carbocycles. The quantitative estimate of drug-likeness (QED) is 0.425. The molecule has 0 atom stereocenters. The fraction of sp³-hybridized carbons (Fsp3) is 0.333. The standard InChI is InChI=1S/C18H22ClN3O2/c1-21(14-15-6-3-2-4-7-15)11-5-10-20-13-16-8-9-17(19)12-18(16)22(23)24/h2-4,6-9,12,20H,5,10-11,13-14H2,1H3. The molecule has 5 nitrogen and oxygen atoms in total. The van der Waals surface area contributed by atoms with Gasteiger partial charge in [0.25, 0.3) is 5.69 Å². The van der Waals surface area contributed by atoms with Crippen LogP contribution in [0.25, 0.3) is 0 Å². The molecular weight excluding hydrogens is 326 g/mol. The van der Waals surface area contributed by atoms with Gasteiger partial charge >= 0.3 is 0 Å². The lowest BCUT2D eigenvalue weighted by molar-refractivity contribution is -0.385. The number of halogens is 1. The Morgan fingerprint density at radius 3 is 2.67 bits per heavy atom. The number of rotatable bonds is 9. The number of nitrogens with one attached hydrogen (secondary N) is 1. The van der Waals surface area contributed by atoms with Gasteiger partial charge in [-0.05, 0) is 44.3 Å². The first-order valence-electron chi connectivity index (χ1n) is 7.92. The Morgan fingerprint density at radius 2 is 1.96 bits per heavy atom. The first-order valence-corrected chi connectivity index (χ1v) is 8.30. The summed E-state index contributed by atoms with van der Waals surface area (Å²) in [5.41, 5.74) is 2.02. The van der Waals surface area contributed by atoms with E-state index in [4.69, 9.17) is 11.6 Å². The number of benzene rings is 2. The van der Waals surface area contributed by atoms with Crippen molar-refractivity contribution in [3.63, 3.8) is 0 Å². The molecule has 0 aromatic heterocycles. The zero-order valence-electron chi connectivity index (χ0n) is 13.7. The van der Waals surface area contributed by atoms with Crippen LogP contribution in [0.2, 0.25) is 5.02 Å². The first-order chi connectivity index (χ1) is 11.6. The molecule has 0 aliphatic heterocycles. The molecule has 0 amide bonds. The van der Waals surface area contributed by atoms with Crippen LogP contribution in [-0.4, -0.2) is 30.0 Å². The molecule has 0 saturated heterocycles. The Hall–Kier alpha value is -1.95. The van der Waals surface area contributed by atoms with E-state index >= 15 is 0 Å². The molecule has 1 N–H and O–H groups in total. The molecule has 6 heteroatoms. The third-order valence-corrected chi connectivity index (χ3v) is 3.98. The van der Waals surface area contributed by atoms with E-state index in [-0.39, 0.29) is 5.69 Å². The average Bonchev–Trinajstić information content (AvgIpc) is 2.56. The van der Waals surface area contributed by atoms with E-state index in [9.17, 15) is 10.1 Å². The van der Waals surface area contributed by atoms with E-state index in [1.807, 2.05) is 18.2 Å². The zero-order valence-corrected chi connectivity index (χ0v) is 14.5.